The van der Waals surface area contributed by atoms with E-state index in [1.165, 1.54) is 0 Å². The molecule has 1 aromatic carbocycles. The number of nitrogens with zero attached hydrogens (tertiary/aromatic N) is 1. The first kappa shape index (κ1) is 13.8. The molecule has 0 saturated carbocycles. The van der Waals surface area contributed by atoms with Crippen molar-refractivity contribution in [1.29, 1.82) is 0 Å². The highest BCUT2D eigenvalue weighted by Crippen LogP contribution is 2.27. The van der Waals surface area contributed by atoms with Crippen molar-refractivity contribution in [2.45, 2.75) is 19.6 Å². The summed E-state index contributed by atoms with van der Waals surface area (Å²) in [4.78, 5) is 11.8. The molecule has 0 unspecified atom stereocenters. The number of ether oxygens (including phenoxy) is 3. The fourth-order valence-corrected chi connectivity index (χ4v) is 2.39. The van der Waals surface area contributed by atoms with Crippen LogP contribution >= 0.6 is 0 Å². The van der Waals surface area contributed by atoms with Gasteiger partial charge in [0.15, 0.2) is 12.0 Å². The molecule has 1 saturated heterocycles. The monoisotopic (exact) mass is 291 g/mol. The molecule has 2 heterocycles. The van der Waals surface area contributed by atoms with Crippen molar-refractivity contribution < 1.29 is 19.0 Å². The van der Waals surface area contributed by atoms with Gasteiger partial charge in [-0.15, -0.1) is 0 Å². The summed E-state index contributed by atoms with van der Waals surface area (Å²) in [5.74, 6) is -0.460. The van der Waals surface area contributed by atoms with Crippen molar-refractivity contribution in [3.05, 3.63) is 23.4 Å². The Kier molecular flexibility index (Phi) is 3.76. The number of anilines is 1. The van der Waals surface area contributed by atoms with E-state index in [9.17, 15) is 4.79 Å². The predicted octanol–water partition coefficient (Wildman–Crippen LogP) is 1.24. The topological polar surface area (TPSA) is 99.5 Å². The van der Waals surface area contributed by atoms with Gasteiger partial charge in [-0.2, -0.15) is 5.10 Å². The van der Waals surface area contributed by atoms with E-state index in [1.54, 1.807) is 6.92 Å². The number of aromatic amines is 1. The number of benzene rings is 1. The Morgan fingerprint density at radius 2 is 2.24 bits per heavy atom. The summed E-state index contributed by atoms with van der Waals surface area (Å²) in [6.07, 6.45) is 0.299. The number of hydrogen-bond donors (Lipinski definition) is 2. The van der Waals surface area contributed by atoms with Crippen LogP contribution in [0.1, 0.15) is 23.0 Å². The average molecular weight is 291 g/mol. The Morgan fingerprint density at radius 3 is 2.95 bits per heavy atom. The molecular formula is C14H17N3O4. The quantitative estimate of drug-likeness (QED) is 0.649. The molecule has 1 fully saturated rings. The summed E-state index contributed by atoms with van der Waals surface area (Å²) in [5, 5.41) is 7.46. The number of esters is 1. The molecule has 112 valence electrons. The second kappa shape index (κ2) is 5.71. The van der Waals surface area contributed by atoms with E-state index in [0.29, 0.717) is 42.8 Å². The molecule has 21 heavy (non-hydrogen) atoms. The Morgan fingerprint density at radius 1 is 1.48 bits per heavy atom. The molecule has 0 spiro atoms. The third-order valence-electron chi connectivity index (χ3n) is 3.42. The van der Waals surface area contributed by atoms with Crippen LogP contribution in [0, 0.1) is 0 Å². The zero-order valence-electron chi connectivity index (χ0n) is 11.7. The van der Waals surface area contributed by atoms with Crippen molar-refractivity contribution in [3.63, 3.8) is 0 Å². The van der Waals surface area contributed by atoms with Crippen LogP contribution in [0.4, 0.5) is 5.69 Å². The number of carbonyl (C=O) groups excluding carboxylic acids is 1. The molecule has 7 nitrogen and oxygen atoms in total. The van der Waals surface area contributed by atoms with Crippen LogP contribution in [-0.4, -0.2) is 42.3 Å². The first-order valence-corrected chi connectivity index (χ1v) is 6.86. The van der Waals surface area contributed by atoms with Crippen molar-refractivity contribution >= 4 is 22.6 Å². The Balaban J connectivity index is 1.92. The fourth-order valence-electron chi connectivity index (χ4n) is 2.39. The van der Waals surface area contributed by atoms with Gasteiger partial charge in [-0.1, -0.05) is 6.07 Å². The van der Waals surface area contributed by atoms with Gasteiger partial charge in [0.2, 0.25) is 0 Å². The van der Waals surface area contributed by atoms with Gasteiger partial charge in [-0.25, -0.2) is 4.79 Å². The van der Waals surface area contributed by atoms with Gasteiger partial charge in [0.25, 0.3) is 0 Å². The van der Waals surface area contributed by atoms with Crippen LogP contribution in [0.5, 0.6) is 0 Å². The Hall–Kier alpha value is -2.12. The molecule has 2 aromatic rings. The van der Waals surface area contributed by atoms with E-state index in [-0.39, 0.29) is 12.0 Å². The van der Waals surface area contributed by atoms with Crippen LogP contribution in [0.25, 0.3) is 10.9 Å². The molecule has 0 atom stereocenters. The molecule has 0 radical (unpaired) electrons. The number of aromatic nitrogens is 2. The second-order valence-electron chi connectivity index (χ2n) is 4.73. The second-order valence-corrected chi connectivity index (χ2v) is 4.73. The average Bonchev–Trinajstić information content (AvgIpc) is 3.11. The lowest BCUT2D eigenvalue weighted by Gasteiger charge is -2.11. The summed E-state index contributed by atoms with van der Waals surface area (Å²) in [7, 11) is 0. The molecule has 0 bridgehead atoms. The van der Waals surface area contributed by atoms with Crippen LogP contribution in [0.2, 0.25) is 0 Å². The molecule has 1 aliphatic heterocycles. The maximum absolute atomic E-state index is 11.8. The van der Waals surface area contributed by atoms with Crippen LogP contribution in [0.15, 0.2) is 12.1 Å². The first-order chi connectivity index (χ1) is 10.2. The molecule has 0 aliphatic carbocycles. The minimum Gasteiger partial charge on any atom is -0.461 e. The van der Waals surface area contributed by atoms with Crippen molar-refractivity contribution in [3.8, 4) is 0 Å². The number of hydrogen-bond acceptors (Lipinski definition) is 6. The molecule has 7 heteroatoms. The maximum Gasteiger partial charge on any atom is 0.359 e. The zero-order chi connectivity index (χ0) is 14.8. The van der Waals surface area contributed by atoms with E-state index in [1.807, 2.05) is 12.1 Å². The fraction of sp³-hybridized carbons (Fsp3) is 0.429. The molecule has 3 rings (SSSR count). The van der Waals surface area contributed by atoms with Crippen LogP contribution in [-0.2, 0) is 20.6 Å². The lowest BCUT2D eigenvalue weighted by atomic mass is 10.1. The standard InChI is InChI=1S/C14H17N3O4/c1-2-19-14(18)13-9-4-3-8(7-10-20-5-6-21-10)11(15)12(9)16-17-13/h3-4,10H,2,5-7,15H2,1H3,(H,16,17). The third-order valence-corrected chi connectivity index (χ3v) is 3.42. The highest BCUT2D eigenvalue weighted by atomic mass is 16.7. The van der Waals surface area contributed by atoms with Crippen LogP contribution in [0.3, 0.4) is 0 Å². The first-order valence-electron chi connectivity index (χ1n) is 6.86. The SMILES string of the molecule is CCOC(=O)c1n[nH]c2c(N)c(CC3OCCO3)ccc12. The molecule has 1 aliphatic rings. The summed E-state index contributed by atoms with van der Waals surface area (Å²) < 4.78 is 15.8. The lowest BCUT2D eigenvalue weighted by Crippen LogP contribution is -2.12. The number of fused-ring (bicyclic) bond motifs is 1. The number of H-pyrrole nitrogens is 1. The number of rotatable bonds is 4. The van der Waals surface area contributed by atoms with Gasteiger partial charge in [0.05, 0.1) is 31.0 Å². The third kappa shape index (κ3) is 2.57. The smallest absolute Gasteiger partial charge is 0.359 e. The van der Waals surface area contributed by atoms with Gasteiger partial charge in [-0.05, 0) is 18.6 Å². The van der Waals surface area contributed by atoms with Crippen molar-refractivity contribution in [2.75, 3.05) is 25.6 Å². The van der Waals surface area contributed by atoms with Gasteiger partial charge < -0.3 is 19.9 Å². The van der Waals surface area contributed by atoms with Gasteiger partial charge >= 0.3 is 5.97 Å². The normalized spacial score (nSPS) is 15.7. The van der Waals surface area contributed by atoms with E-state index in [2.05, 4.69) is 10.2 Å². The Labute approximate surface area is 121 Å². The van der Waals surface area contributed by atoms with E-state index in [0.717, 1.165) is 5.56 Å². The highest BCUT2D eigenvalue weighted by molar-refractivity contribution is 6.05. The highest BCUT2D eigenvalue weighted by Gasteiger charge is 2.21. The lowest BCUT2D eigenvalue weighted by molar-refractivity contribution is -0.0398. The molecule has 1 aromatic heterocycles. The van der Waals surface area contributed by atoms with Gasteiger partial charge in [0.1, 0.15) is 0 Å². The number of carbonyl (C=O) groups is 1. The number of nitrogens with two attached hydrogens (primary N) is 1. The minimum atomic E-state index is -0.460. The predicted molar refractivity (Wildman–Crippen MR) is 75.9 cm³/mol. The van der Waals surface area contributed by atoms with Crippen molar-refractivity contribution in [2.24, 2.45) is 0 Å². The summed E-state index contributed by atoms with van der Waals surface area (Å²) in [5.41, 5.74) is 8.48. The minimum absolute atomic E-state index is 0.249. The van der Waals surface area contributed by atoms with Gasteiger partial charge in [-0.3, -0.25) is 5.10 Å². The van der Waals surface area contributed by atoms with E-state index < -0.39 is 5.97 Å². The number of nitrogens with one attached hydrogen (secondary N) is 1. The van der Waals surface area contributed by atoms with E-state index in [4.69, 9.17) is 19.9 Å². The number of nitrogen functional groups attached to an aromatic ring is 1. The molecule has 3 N–H and O–H groups in total. The summed E-state index contributed by atoms with van der Waals surface area (Å²) in [6.45, 7) is 3.26. The van der Waals surface area contributed by atoms with Crippen molar-refractivity contribution in [1.82, 2.24) is 10.2 Å². The largest absolute Gasteiger partial charge is 0.461 e. The molecular weight excluding hydrogens is 274 g/mol. The van der Waals surface area contributed by atoms with Crippen LogP contribution < -0.4 is 5.73 Å². The van der Waals surface area contributed by atoms with Gasteiger partial charge in [0, 0.05) is 11.8 Å². The Bertz CT molecular complexity index is 662. The maximum atomic E-state index is 11.8. The molecule has 0 amide bonds. The van der Waals surface area contributed by atoms with E-state index >= 15 is 0 Å². The summed E-state index contributed by atoms with van der Waals surface area (Å²) >= 11 is 0. The zero-order valence-corrected chi connectivity index (χ0v) is 11.7. The summed E-state index contributed by atoms with van der Waals surface area (Å²) in [6, 6.07) is 3.67.